The van der Waals surface area contributed by atoms with Crippen molar-refractivity contribution in [1.29, 1.82) is 0 Å². The Balaban J connectivity index is 1.02. The van der Waals surface area contributed by atoms with Crippen molar-refractivity contribution in [2.45, 2.75) is 6.42 Å². The van der Waals surface area contributed by atoms with Gasteiger partial charge in [0, 0.05) is 27.8 Å². The van der Waals surface area contributed by atoms with Gasteiger partial charge in [0.2, 0.25) is 0 Å². The highest BCUT2D eigenvalue weighted by atomic mass is 16.3. The van der Waals surface area contributed by atoms with Crippen molar-refractivity contribution in [2.75, 3.05) is 4.90 Å². The van der Waals surface area contributed by atoms with E-state index in [-0.39, 0.29) is 11.3 Å². The van der Waals surface area contributed by atoms with Gasteiger partial charge >= 0.3 is 0 Å². The quantitative estimate of drug-likeness (QED) is 0.0909. The molecular weight excluding hydrogens is 753 g/mol. The summed E-state index contributed by atoms with van der Waals surface area (Å²) in [6.45, 7) is 0. The average Bonchev–Trinajstić information content (AvgIpc) is 3.45. The highest BCUT2D eigenvalue weighted by molar-refractivity contribution is 6.10. The number of rotatable bonds is 8. The third-order valence-corrected chi connectivity index (χ3v) is 11.5. The van der Waals surface area contributed by atoms with Crippen molar-refractivity contribution in [3.05, 3.63) is 212 Å². The van der Waals surface area contributed by atoms with Crippen LogP contribution >= 0.6 is 0 Å². The first-order chi connectivity index (χ1) is 29.9. The highest BCUT2D eigenvalue weighted by Crippen LogP contribution is 2.58. The summed E-state index contributed by atoms with van der Waals surface area (Å²) in [5.41, 5.74) is 10.9. The van der Waals surface area contributed by atoms with E-state index >= 15 is 0 Å². The number of hydrogen-bond donors (Lipinski definition) is 4. The molecule has 0 radical (unpaired) electrons. The van der Waals surface area contributed by atoms with E-state index in [1.807, 2.05) is 121 Å². The smallest absolute Gasteiger partial charge is 0.186 e. The van der Waals surface area contributed by atoms with Gasteiger partial charge in [-0.05, 0) is 87.8 Å². The minimum absolute atomic E-state index is 0.0743. The number of allylic oxidation sites excluding steroid dienone is 6. The maximum atomic E-state index is 11.8. The van der Waals surface area contributed by atoms with Crippen molar-refractivity contribution in [3.63, 3.8) is 0 Å². The van der Waals surface area contributed by atoms with Gasteiger partial charge in [0.25, 0.3) is 0 Å². The fraction of sp³-hybridized carbons (Fsp3) is 0.0182. The number of aromatic hydroxyl groups is 4. The fourth-order valence-electron chi connectivity index (χ4n) is 8.49. The first kappa shape index (κ1) is 37.1. The predicted octanol–water partition coefficient (Wildman–Crippen LogP) is 14.0. The zero-order chi connectivity index (χ0) is 41.5. The molecule has 61 heavy (non-hydrogen) atoms. The molecule has 1 heterocycles. The van der Waals surface area contributed by atoms with Crippen LogP contribution in [0.15, 0.2) is 206 Å². The molecule has 0 fully saturated rings. The molecule has 0 atom stereocenters. The summed E-state index contributed by atoms with van der Waals surface area (Å²) in [7, 11) is 0. The minimum atomic E-state index is -0.576. The Kier molecular flexibility index (Phi) is 9.43. The van der Waals surface area contributed by atoms with Crippen LogP contribution in [0.25, 0.3) is 66.5 Å². The van der Waals surface area contributed by atoms with E-state index in [1.165, 1.54) is 10.8 Å². The van der Waals surface area contributed by atoms with Crippen molar-refractivity contribution in [1.82, 2.24) is 4.57 Å². The van der Waals surface area contributed by atoms with E-state index in [2.05, 4.69) is 77.4 Å². The molecule has 6 heteroatoms. The molecule has 10 rings (SSSR count). The van der Waals surface area contributed by atoms with Crippen molar-refractivity contribution < 1.29 is 20.4 Å². The van der Waals surface area contributed by atoms with Crippen LogP contribution in [0.3, 0.4) is 0 Å². The maximum Gasteiger partial charge on any atom is 0.186 e. The normalized spacial score (nSPS) is 12.6. The lowest BCUT2D eigenvalue weighted by atomic mass is 9.97. The Morgan fingerprint density at radius 1 is 0.410 bits per heavy atom. The van der Waals surface area contributed by atoms with Gasteiger partial charge in [0.15, 0.2) is 23.0 Å². The molecule has 4 N–H and O–H groups in total. The third kappa shape index (κ3) is 6.66. The summed E-state index contributed by atoms with van der Waals surface area (Å²) < 4.78 is 2.32. The number of benzene rings is 8. The molecule has 1 aliphatic rings. The summed E-state index contributed by atoms with van der Waals surface area (Å²) in [6, 6.07) is 59.6. The molecule has 0 saturated heterocycles. The van der Waals surface area contributed by atoms with E-state index < -0.39 is 23.0 Å². The molecule has 8 aromatic carbocycles. The second-order valence-corrected chi connectivity index (χ2v) is 15.1. The monoisotopic (exact) mass is 792 g/mol. The van der Waals surface area contributed by atoms with Crippen LogP contribution < -0.4 is 4.90 Å². The maximum absolute atomic E-state index is 11.8. The van der Waals surface area contributed by atoms with E-state index in [1.54, 1.807) is 17.0 Å². The summed E-state index contributed by atoms with van der Waals surface area (Å²) in [5, 5.41) is 49.4. The van der Waals surface area contributed by atoms with Gasteiger partial charge in [0.1, 0.15) is 5.69 Å². The molecular formula is C55H40N2O4. The van der Waals surface area contributed by atoms with Crippen LogP contribution in [0.4, 0.5) is 17.1 Å². The molecule has 0 unspecified atom stereocenters. The lowest BCUT2D eigenvalue weighted by molar-refractivity contribution is 0.377. The predicted molar refractivity (Wildman–Crippen MR) is 250 cm³/mol. The number of para-hydroxylation sites is 2. The van der Waals surface area contributed by atoms with Gasteiger partial charge in [-0.15, -0.1) is 0 Å². The van der Waals surface area contributed by atoms with Crippen molar-refractivity contribution >= 4 is 50.1 Å². The number of aromatic nitrogens is 1. The van der Waals surface area contributed by atoms with Crippen LogP contribution in [-0.2, 0) is 0 Å². The highest BCUT2D eigenvalue weighted by Gasteiger charge is 2.30. The second kappa shape index (κ2) is 15.5. The fourth-order valence-corrected chi connectivity index (χ4v) is 8.49. The Bertz CT molecular complexity index is 3080. The van der Waals surface area contributed by atoms with Gasteiger partial charge < -0.3 is 29.9 Å². The van der Waals surface area contributed by atoms with E-state index in [0.717, 1.165) is 50.1 Å². The molecule has 6 nitrogen and oxygen atoms in total. The molecule has 0 bridgehead atoms. The third-order valence-electron chi connectivity index (χ3n) is 11.5. The molecule has 9 aromatic rings. The Morgan fingerprint density at radius 3 is 1.36 bits per heavy atom. The lowest BCUT2D eigenvalue weighted by Crippen LogP contribution is -2.11. The van der Waals surface area contributed by atoms with E-state index in [0.29, 0.717) is 23.4 Å². The topological polar surface area (TPSA) is 89.1 Å². The van der Waals surface area contributed by atoms with E-state index in [9.17, 15) is 20.4 Å². The summed E-state index contributed by atoms with van der Waals surface area (Å²) >= 11 is 0. The zero-order valence-electron chi connectivity index (χ0n) is 33.0. The molecule has 0 aliphatic heterocycles. The Labute approximate surface area is 353 Å². The average molecular weight is 793 g/mol. The number of anilines is 3. The molecule has 1 aliphatic carbocycles. The number of fused-ring (bicyclic) bond motifs is 3. The number of phenolic OH excluding ortho intramolecular Hbond substituents is 4. The first-order valence-corrected chi connectivity index (χ1v) is 20.2. The van der Waals surface area contributed by atoms with Crippen LogP contribution in [0, 0.1) is 0 Å². The van der Waals surface area contributed by atoms with Crippen molar-refractivity contribution in [3.8, 4) is 56.4 Å². The molecule has 1 aromatic heterocycles. The van der Waals surface area contributed by atoms with Gasteiger partial charge in [-0.1, -0.05) is 164 Å². The summed E-state index contributed by atoms with van der Waals surface area (Å²) in [6.07, 6.45) is 9.30. The second-order valence-electron chi connectivity index (χ2n) is 15.1. The molecule has 0 amide bonds. The minimum Gasteiger partial charge on any atom is -0.504 e. The number of phenols is 4. The SMILES string of the molecule is Oc1c(O)c(N(c2ccc(C3=CC=CC(n4c5ccccc5c5ccccc54)=CC3)cc2)c2ccc(-c3ccccc3)cc2)c(O)c(O)c1-c1ccc(-c2ccccc2)cc1. The Hall–Kier alpha value is -8.22. The van der Waals surface area contributed by atoms with Crippen LogP contribution in [0.1, 0.15) is 12.0 Å². The van der Waals surface area contributed by atoms with Crippen LogP contribution in [0.5, 0.6) is 23.0 Å². The Morgan fingerprint density at radius 2 is 0.836 bits per heavy atom. The standard InChI is InChI=1S/C55H40N2O4/c58-52-50(42-24-22-39(23-25-42)36-12-3-1-4-13-36)53(59)55(61)51(54(52)60)56(44-32-27-40(28-33-44)37-14-5-2-6-15-37)45-34-29-41(30-35-45)38-16-11-17-43(31-26-38)57-48-20-9-7-18-46(48)47-19-8-10-21-49(47)57/h1-25,27-35,58-61H,26H2. The molecule has 294 valence electrons. The van der Waals surface area contributed by atoms with Crippen molar-refractivity contribution in [2.24, 2.45) is 0 Å². The molecule has 0 saturated carbocycles. The van der Waals surface area contributed by atoms with E-state index in [4.69, 9.17) is 0 Å². The lowest BCUT2D eigenvalue weighted by Gasteiger charge is -2.28. The molecule has 0 spiro atoms. The first-order valence-electron chi connectivity index (χ1n) is 20.2. The zero-order valence-corrected chi connectivity index (χ0v) is 33.0. The van der Waals surface area contributed by atoms with Gasteiger partial charge in [-0.2, -0.15) is 0 Å². The number of nitrogens with zero attached hydrogens (tertiary/aromatic N) is 2. The van der Waals surface area contributed by atoms with Crippen LogP contribution in [-0.4, -0.2) is 25.0 Å². The van der Waals surface area contributed by atoms with Crippen LogP contribution in [0.2, 0.25) is 0 Å². The summed E-state index contributed by atoms with van der Waals surface area (Å²) in [4.78, 5) is 1.65. The van der Waals surface area contributed by atoms with Gasteiger partial charge in [0.05, 0.1) is 16.6 Å². The summed E-state index contributed by atoms with van der Waals surface area (Å²) in [5.74, 6) is -2.26. The van der Waals surface area contributed by atoms with Gasteiger partial charge in [-0.25, -0.2) is 0 Å². The number of hydrogen-bond acceptors (Lipinski definition) is 5. The van der Waals surface area contributed by atoms with Gasteiger partial charge in [-0.3, -0.25) is 0 Å². The largest absolute Gasteiger partial charge is 0.504 e.